The summed E-state index contributed by atoms with van der Waals surface area (Å²) in [5, 5.41) is 2.62. The van der Waals surface area contributed by atoms with Gasteiger partial charge >= 0.3 is 6.61 Å². The molecule has 1 unspecified atom stereocenters. The largest absolute Gasteiger partial charge is 0.434 e. The number of carbonyl (C=O) groups is 1. The third-order valence-corrected chi connectivity index (χ3v) is 2.44. The van der Waals surface area contributed by atoms with Crippen LogP contribution in [0.2, 0.25) is 0 Å². The van der Waals surface area contributed by atoms with E-state index in [0.717, 1.165) is 0 Å². The summed E-state index contributed by atoms with van der Waals surface area (Å²) < 4.78 is 28.7. The van der Waals surface area contributed by atoms with Crippen molar-refractivity contribution in [2.24, 2.45) is 11.7 Å². The molecule has 0 spiro atoms. The maximum absolute atomic E-state index is 12.2. The molecule has 0 heterocycles. The van der Waals surface area contributed by atoms with E-state index in [4.69, 9.17) is 5.73 Å². The minimum atomic E-state index is -2.88. The van der Waals surface area contributed by atoms with Gasteiger partial charge in [0.05, 0.1) is 0 Å². The zero-order valence-corrected chi connectivity index (χ0v) is 11.3. The molecule has 0 saturated carbocycles. The van der Waals surface area contributed by atoms with Gasteiger partial charge in [0, 0.05) is 24.6 Å². The van der Waals surface area contributed by atoms with Crippen molar-refractivity contribution in [2.45, 2.75) is 20.1 Å². The van der Waals surface area contributed by atoms with Crippen molar-refractivity contribution in [3.8, 4) is 5.75 Å². The quantitative estimate of drug-likeness (QED) is 0.842. The minimum absolute atomic E-state index is 0. The molecule has 0 aliphatic rings. The molecule has 4 nitrogen and oxygen atoms in total. The van der Waals surface area contributed by atoms with E-state index in [0.29, 0.717) is 5.56 Å². The highest BCUT2D eigenvalue weighted by Gasteiger charge is 2.12. The van der Waals surface area contributed by atoms with E-state index in [2.05, 4.69) is 10.1 Å². The van der Waals surface area contributed by atoms with E-state index in [1.165, 1.54) is 6.07 Å². The van der Waals surface area contributed by atoms with E-state index in [1.54, 1.807) is 25.1 Å². The van der Waals surface area contributed by atoms with Crippen LogP contribution in [0.25, 0.3) is 0 Å². The van der Waals surface area contributed by atoms with Crippen LogP contribution in [0.4, 0.5) is 8.78 Å². The molecule has 19 heavy (non-hydrogen) atoms. The normalized spacial score (nSPS) is 11.6. The van der Waals surface area contributed by atoms with Crippen LogP contribution >= 0.6 is 12.4 Å². The van der Waals surface area contributed by atoms with Crippen molar-refractivity contribution < 1.29 is 18.3 Å². The third-order valence-electron chi connectivity index (χ3n) is 2.44. The Morgan fingerprint density at radius 1 is 1.42 bits per heavy atom. The summed E-state index contributed by atoms with van der Waals surface area (Å²) in [5.41, 5.74) is 5.85. The van der Waals surface area contributed by atoms with Gasteiger partial charge in [-0.05, 0) is 6.07 Å². The first kappa shape index (κ1) is 17.6. The number of carbonyl (C=O) groups excluding carboxylic acids is 1. The lowest BCUT2D eigenvalue weighted by Gasteiger charge is -2.13. The van der Waals surface area contributed by atoms with Gasteiger partial charge in [0.15, 0.2) is 0 Å². The second-order valence-electron chi connectivity index (χ2n) is 3.84. The maximum Gasteiger partial charge on any atom is 0.387 e. The van der Waals surface area contributed by atoms with E-state index in [9.17, 15) is 13.6 Å². The second kappa shape index (κ2) is 8.66. The van der Waals surface area contributed by atoms with Crippen molar-refractivity contribution in [3.63, 3.8) is 0 Å². The molecular formula is C12H17ClF2N2O2. The Morgan fingerprint density at radius 3 is 2.63 bits per heavy atom. The van der Waals surface area contributed by atoms with Gasteiger partial charge in [0.1, 0.15) is 5.75 Å². The molecule has 0 aromatic heterocycles. The lowest BCUT2D eigenvalue weighted by atomic mass is 10.1. The monoisotopic (exact) mass is 294 g/mol. The van der Waals surface area contributed by atoms with E-state index < -0.39 is 6.61 Å². The third kappa shape index (κ3) is 5.85. The first-order valence-corrected chi connectivity index (χ1v) is 5.55. The molecule has 1 atom stereocenters. The topological polar surface area (TPSA) is 64.4 Å². The van der Waals surface area contributed by atoms with Crippen molar-refractivity contribution in [3.05, 3.63) is 29.8 Å². The van der Waals surface area contributed by atoms with E-state index in [1.807, 2.05) is 0 Å². The summed E-state index contributed by atoms with van der Waals surface area (Å²) in [4.78, 5) is 11.5. The highest BCUT2D eigenvalue weighted by molar-refractivity contribution is 5.85. The van der Waals surface area contributed by atoms with Gasteiger partial charge in [-0.15, -0.1) is 12.4 Å². The molecule has 0 radical (unpaired) electrons. The lowest BCUT2D eigenvalue weighted by molar-refractivity contribution is -0.124. The standard InChI is InChI=1S/C12H16F2N2O2.ClH/c1-8(6-15)11(17)16-7-9-4-2-3-5-10(9)18-12(13)14;/h2-5,8,12H,6-7,15H2,1H3,(H,16,17);1H. The van der Waals surface area contributed by atoms with Crippen LogP contribution in [0.5, 0.6) is 5.75 Å². The average Bonchev–Trinajstić information content (AvgIpc) is 2.35. The van der Waals surface area contributed by atoms with Crippen molar-refractivity contribution in [2.75, 3.05) is 6.54 Å². The number of alkyl halides is 2. The minimum Gasteiger partial charge on any atom is -0.434 e. The van der Waals surface area contributed by atoms with Gasteiger partial charge < -0.3 is 15.8 Å². The summed E-state index contributed by atoms with van der Waals surface area (Å²) in [6, 6.07) is 6.32. The Labute approximate surface area is 116 Å². The first-order chi connectivity index (χ1) is 8.54. The summed E-state index contributed by atoms with van der Waals surface area (Å²) in [6.45, 7) is -0.825. The first-order valence-electron chi connectivity index (χ1n) is 5.55. The number of nitrogens with one attached hydrogen (secondary N) is 1. The average molecular weight is 295 g/mol. The SMILES string of the molecule is CC(CN)C(=O)NCc1ccccc1OC(F)F.Cl. The molecular weight excluding hydrogens is 278 g/mol. The Morgan fingerprint density at radius 2 is 2.05 bits per heavy atom. The molecule has 1 rings (SSSR count). The molecule has 108 valence electrons. The molecule has 0 saturated heterocycles. The number of ether oxygens (including phenoxy) is 1. The summed E-state index contributed by atoms with van der Waals surface area (Å²) in [6.07, 6.45) is 0. The number of para-hydroxylation sites is 1. The number of benzene rings is 1. The Balaban J connectivity index is 0.00000324. The van der Waals surface area contributed by atoms with Crippen LogP contribution in [0.1, 0.15) is 12.5 Å². The number of amides is 1. The fourth-order valence-electron chi connectivity index (χ4n) is 1.32. The Hall–Kier alpha value is -1.40. The van der Waals surface area contributed by atoms with E-state index >= 15 is 0 Å². The summed E-state index contributed by atoms with van der Waals surface area (Å²) in [5.74, 6) is -0.467. The predicted octanol–water partition coefficient (Wildman–Crippen LogP) is 1.92. The lowest BCUT2D eigenvalue weighted by Crippen LogP contribution is -2.32. The van der Waals surface area contributed by atoms with E-state index in [-0.39, 0.29) is 43.1 Å². The van der Waals surface area contributed by atoms with Crippen LogP contribution in [0.3, 0.4) is 0 Å². The molecule has 7 heteroatoms. The Kier molecular flexibility index (Phi) is 8.02. The van der Waals surface area contributed by atoms with Gasteiger partial charge in [-0.3, -0.25) is 4.79 Å². The summed E-state index contributed by atoms with van der Waals surface area (Å²) >= 11 is 0. The molecule has 0 aliphatic heterocycles. The number of hydrogen-bond acceptors (Lipinski definition) is 3. The number of hydrogen-bond donors (Lipinski definition) is 2. The van der Waals surface area contributed by atoms with Crippen LogP contribution in [-0.2, 0) is 11.3 Å². The van der Waals surface area contributed by atoms with Crippen LogP contribution < -0.4 is 15.8 Å². The van der Waals surface area contributed by atoms with Gasteiger partial charge in [-0.1, -0.05) is 25.1 Å². The molecule has 1 aromatic rings. The van der Waals surface area contributed by atoms with Crippen LogP contribution in [0, 0.1) is 5.92 Å². The summed E-state index contributed by atoms with van der Waals surface area (Å²) in [7, 11) is 0. The van der Waals surface area contributed by atoms with Gasteiger partial charge in [-0.25, -0.2) is 0 Å². The zero-order valence-electron chi connectivity index (χ0n) is 10.4. The van der Waals surface area contributed by atoms with Crippen LogP contribution in [-0.4, -0.2) is 19.1 Å². The number of nitrogens with two attached hydrogens (primary N) is 1. The van der Waals surface area contributed by atoms with Crippen molar-refractivity contribution in [1.29, 1.82) is 0 Å². The highest BCUT2D eigenvalue weighted by atomic mass is 35.5. The smallest absolute Gasteiger partial charge is 0.387 e. The number of rotatable bonds is 6. The fraction of sp³-hybridized carbons (Fsp3) is 0.417. The molecule has 0 aliphatic carbocycles. The molecule has 3 N–H and O–H groups in total. The predicted molar refractivity (Wildman–Crippen MR) is 70.4 cm³/mol. The number of halogens is 3. The molecule has 1 aromatic carbocycles. The van der Waals surface area contributed by atoms with Gasteiger partial charge in [0.25, 0.3) is 0 Å². The van der Waals surface area contributed by atoms with Gasteiger partial charge in [0.2, 0.25) is 5.91 Å². The van der Waals surface area contributed by atoms with Gasteiger partial charge in [-0.2, -0.15) is 8.78 Å². The van der Waals surface area contributed by atoms with Crippen LogP contribution in [0.15, 0.2) is 24.3 Å². The maximum atomic E-state index is 12.2. The Bertz CT molecular complexity index is 405. The molecule has 0 fully saturated rings. The zero-order chi connectivity index (χ0) is 13.5. The second-order valence-corrected chi connectivity index (χ2v) is 3.84. The van der Waals surface area contributed by atoms with Crippen molar-refractivity contribution >= 4 is 18.3 Å². The molecule has 1 amide bonds. The highest BCUT2D eigenvalue weighted by Crippen LogP contribution is 2.19. The molecule has 0 bridgehead atoms. The van der Waals surface area contributed by atoms with Crippen molar-refractivity contribution in [1.82, 2.24) is 5.32 Å². The fourth-order valence-corrected chi connectivity index (χ4v) is 1.32.